The molecule has 2 aromatic carbocycles. The van der Waals surface area contributed by atoms with Crippen LogP contribution in [0.1, 0.15) is 79.3 Å². The summed E-state index contributed by atoms with van der Waals surface area (Å²) in [6.07, 6.45) is 13.2. The molecule has 2 fully saturated rings. The minimum absolute atomic E-state index is 0.343. The van der Waals surface area contributed by atoms with Crippen LogP contribution in [0.2, 0.25) is 0 Å². The van der Waals surface area contributed by atoms with Gasteiger partial charge in [-0.15, -0.1) is 0 Å². The molecule has 2 aromatic rings. The van der Waals surface area contributed by atoms with Crippen LogP contribution in [0.3, 0.4) is 0 Å². The van der Waals surface area contributed by atoms with E-state index in [9.17, 15) is 14.7 Å². The maximum Gasteiger partial charge on any atom is 0.326 e. The van der Waals surface area contributed by atoms with E-state index in [4.69, 9.17) is 4.74 Å². The highest BCUT2D eigenvalue weighted by Gasteiger charge is 2.32. The van der Waals surface area contributed by atoms with Gasteiger partial charge in [0.15, 0.2) is 0 Å². The maximum absolute atomic E-state index is 13.5. The lowest BCUT2D eigenvalue weighted by atomic mass is 9.84. The fourth-order valence-corrected chi connectivity index (χ4v) is 7.23. The zero-order valence-electron chi connectivity index (χ0n) is 25.1. The molecule has 1 saturated carbocycles. The number of nitrogens with zero attached hydrogens (tertiary/aromatic N) is 1. The normalized spacial score (nSPS) is 20.7. The molecule has 1 saturated heterocycles. The Bertz CT molecular complexity index is 1150. The number of carbonyl (C=O) groups is 2. The Morgan fingerprint density at radius 2 is 1.83 bits per heavy atom. The van der Waals surface area contributed by atoms with Gasteiger partial charge in [0.05, 0.1) is 6.61 Å². The van der Waals surface area contributed by atoms with Crippen molar-refractivity contribution in [3.05, 3.63) is 59.2 Å². The van der Waals surface area contributed by atoms with Crippen LogP contribution in [-0.4, -0.2) is 66.2 Å². The Morgan fingerprint density at radius 1 is 1.07 bits per heavy atom. The Kier molecular flexibility index (Phi) is 12.1. The smallest absolute Gasteiger partial charge is 0.326 e. The first-order chi connectivity index (χ1) is 19.9. The van der Waals surface area contributed by atoms with Gasteiger partial charge in [-0.25, -0.2) is 4.79 Å². The summed E-state index contributed by atoms with van der Waals surface area (Å²) >= 11 is 1.57. The molecule has 0 spiro atoms. The number of likely N-dealkylation sites (tertiary alicyclic amines) is 1. The van der Waals surface area contributed by atoms with E-state index in [2.05, 4.69) is 16.3 Å². The molecule has 0 radical (unpaired) electrons. The topological polar surface area (TPSA) is 78.9 Å². The Morgan fingerprint density at radius 3 is 2.54 bits per heavy atom. The standard InChI is InChI=1S/C34H48N2O4S/c1-24-9-7-8-12-29(24)31-20-27(15-16-30(31)33(37)35-32(34(38)39)17-18-41-3)22-36-21-26(19-28(36)23-40-2)14-13-25-10-5-4-6-11-25/h7-9,12,15-16,20,25-26,28,32H,4-6,10-11,13-14,17-19,21-23H2,1-3H3,(H,35,37)(H,38,39). The second-order valence-corrected chi connectivity index (χ2v) is 13.0. The Hall–Kier alpha value is -2.35. The molecule has 224 valence electrons. The number of amides is 1. The van der Waals surface area contributed by atoms with Crippen LogP contribution in [0.4, 0.5) is 0 Å². The van der Waals surface area contributed by atoms with Crippen LogP contribution in [-0.2, 0) is 16.1 Å². The van der Waals surface area contributed by atoms with Crippen molar-refractivity contribution in [2.45, 2.75) is 83.3 Å². The van der Waals surface area contributed by atoms with Gasteiger partial charge in [0.2, 0.25) is 0 Å². The predicted molar refractivity (Wildman–Crippen MR) is 168 cm³/mol. The van der Waals surface area contributed by atoms with E-state index in [-0.39, 0.29) is 5.91 Å². The molecule has 4 rings (SSSR count). The number of hydrogen-bond donors (Lipinski definition) is 2. The summed E-state index contributed by atoms with van der Waals surface area (Å²) < 4.78 is 5.64. The summed E-state index contributed by atoms with van der Waals surface area (Å²) in [5.74, 6) is 0.936. The average molecular weight is 581 g/mol. The fourth-order valence-electron chi connectivity index (χ4n) is 6.75. The molecular weight excluding hydrogens is 532 g/mol. The summed E-state index contributed by atoms with van der Waals surface area (Å²) in [4.78, 5) is 27.9. The number of carbonyl (C=O) groups excluding carboxylic acids is 1. The molecule has 6 nitrogen and oxygen atoms in total. The SMILES string of the molecule is COCC1CC(CCC2CCCCC2)CN1Cc1ccc(C(=O)NC(CCSC)C(=O)O)c(-c2ccccc2C)c1. The number of aliphatic carboxylic acids is 1. The van der Waals surface area contributed by atoms with Crippen LogP contribution >= 0.6 is 11.8 Å². The van der Waals surface area contributed by atoms with Gasteiger partial charge in [-0.05, 0) is 84.4 Å². The van der Waals surface area contributed by atoms with Crippen LogP contribution in [0, 0.1) is 18.8 Å². The van der Waals surface area contributed by atoms with Crippen molar-refractivity contribution in [2.24, 2.45) is 11.8 Å². The fraction of sp³-hybridized carbons (Fsp3) is 0.588. The van der Waals surface area contributed by atoms with Crippen molar-refractivity contribution in [2.75, 3.05) is 32.3 Å². The van der Waals surface area contributed by atoms with Gasteiger partial charge in [-0.2, -0.15) is 11.8 Å². The summed E-state index contributed by atoms with van der Waals surface area (Å²) in [6, 6.07) is 13.6. The van der Waals surface area contributed by atoms with Crippen molar-refractivity contribution in [3.8, 4) is 11.1 Å². The third kappa shape index (κ3) is 8.82. The molecule has 2 N–H and O–H groups in total. The van der Waals surface area contributed by atoms with Crippen LogP contribution < -0.4 is 5.32 Å². The summed E-state index contributed by atoms with van der Waals surface area (Å²) in [7, 11) is 1.79. The van der Waals surface area contributed by atoms with Gasteiger partial charge in [0.1, 0.15) is 6.04 Å². The number of carboxylic acids is 1. The van der Waals surface area contributed by atoms with Gasteiger partial charge >= 0.3 is 5.97 Å². The van der Waals surface area contributed by atoms with Crippen LogP contribution in [0.5, 0.6) is 0 Å². The molecular formula is C34H48N2O4S. The van der Waals surface area contributed by atoms with Crippen molar-refractivity contribution in [1.29, 1.82) is 0 Å². The van der Waals surface area contributed by atoms with Gasteiger partial charge in [0, 0.05) is 31.8 Å². The van der Waals surface area contributed by atoms with Gasteiger partial charge in [-0.3, -0.25) is 9.69 Å². The minimum atomic E-state index is -1.00. The second-order valence-electron chi connectivity index (χ2n) is 12.1. The zero-order chi connectivity index (χ0) is 29.2. The first-order valence-corrected chi connectivity index (χ1v) is 16.7. The summed E-state index contributed by atoms with van der Waals surface area (Å²) in [5, 5.41) is 12.5. The lowest BCUT2D eigenvalue weighted by Gasteiger charge is -2.25. The van der Waals surface area contributed by atoms with Crippen LogP contribution in [0.25, 0.3) is 11.1 Å². The van der Waals surface area contributed by atoms with E-state index in [1.165, 1.54) is 51.4 Å². The summed E-state index contributed by atoms with van der Waals surface area (Å²) in [6.45, 7) is 4.67. The van der Waals surface area contributed by atoms with E-state index in [0.717, 1.165) is 47.9 Å². The number of ether oxygens (including phenoxy) is 1. The number of benzene rings is 2. The van der Waals surface area contributed by atoms with E-state index in [1.807, 2.05) is 49.6 Å². The minimum Gasteiger partial charge on any atom is -0.480 e. The lowest BCUT2D eigenvalue weighted by molar-refractivity contribution is -0.139. The molecule has 1 amide bonds. The molecule has 2 aliphatic rings. The van der Waals surface area contributed by atoms with Crippen molar-refractivity contribution in [3.63, 3.8) is 0 Å². The number of carboxylic acid groups (broad SMARTS) is 1. The Balaban J connectivity index is 1.53. The first kappa shape index (κ1) is 31.6. The van der Waals surface area contributed by atoms with E-state index in [1.54, 1.807) is 18.9 Å². The molecule has 1 aliphatic carbocycles. The van der Waals surface area contributed by atoms with Crippen molar-refractivity contribution < 1.29 is 19.4 Å². The molecule has 41 heavy (non-hydrogen) atoms. The van der Waals surface area contributed by atoms with Crippen molar-refractivity contribution >= 4 is 23.6 Å². The molecule has 0 aromatic heterocycles. The highest BCUT2D eigenvalue weighted by atomic mass is 32.2. The number of nitrogens with one attached hydrogen (secondary N) is 1. The molecule has 7 heteroatoms. The quantitative estimate of drug-likeness (QED) is 0.256. The number of aryl methyl sites for hydroxylation is 1. The van der Waals surface area contributed by atoms with Crippen molar-refractivity contribution in [1.82, 2.24) is 10.2 Å². The maximum atomic E-state index is 13.5. The molecule has 1 heterocycles. The monoisotopic (exact) mass is 580 g/mol. The molecule has 3 unspecified atom stereocenters. The zero-order valence-corrected chi connectivity index (χ0v) is 25.9. The third-order valence-electron chi connectivity index (χ3n) is 9.05. The van der Waals surface area contributed by atoms with Gasteiger partial charge in [-0.1, -0.05) is 68.9 Å². The number of rotatable bonds is 14. The van der Waals surface area contributed by atoms with Gasteiger partial charge < -0.3 is 15.2 Å². The molecule has 3 atom stereocenters. The molecule has 0 bridgehead atoms. The highest BCUT2D eigenvalue weighted by Crippen LogP contribution is 2.35. The predicted octanol–water partition coefficient (Wildman–Crippen LogP) is 6.80. The molecule has 1 aliphatic heterocycles. The average Bonchev–Trinajstić information content (AvgIpc) is 3.35. The van der Waals surface area contributed by atoms with E-state index >= 15 is 0 Å². The largest absolute Gasteiger partial charge is 0.480 e. The lowest BCUT2D eigenvalue weighted by Crippen LogP contribution is -2.41. The Labute approximate surface area is 250 Å². The first-order valence-electron chi connectivity index (χ1n) is 15.3. The number of thioether (sulfide) groups is 1. The third-order valence-corrected chi connectivity index (χ3v) is 9.69. The second kappa shape index (κ2) is 15.8. The highest BCUT2D eigenvalue weighted by molar-refractivity contribution is 7.98. The van der Waals surface area contributed by atoms with E-state index in [0.29, 0.717) is 29.7 Å². The van der Waals surface area contributed by atoms with E-state index < -0.39 is 12.0 Å². The number of hydrogen-bond acceptors (Lipinski definition) is 5. The number of methoxy groups -OCH3 is 1. The van der Waals surface area contributed by atoms with Crippen LogP contribution in [0.15, 0.2) is 42.5 Å². The summed E-state index contributed by atoms with van der Waals surface area (Å²) in [5.41, 5.74) is 4.60. The van der Waals surface area contributed by atoms with Gasteiger partial charge in [0.25, 0.3) is 5.91 Å².